The van der Waals surface area contributed by atoms with Crippen LogP contribution in [0.2, 0.25) is 0 Å². The van der Waals surface area contributed by atoms with E-state index in [2.05, 4.69) is 20.3 Å². The molecule has 0 aliphatic carbocycles. The maximum absolute atomic E-state index is 14.2. The number of rotatable bonds is 9. The lowest BCUT2D eigenvalue weighted by Gasteiger charge is -2.44. The smallest absolute Gasteiger partial charge is 0.266 e. The molecule has 3 atom stereocenters. The standard InChI is InChI=1S/C32H32FN5O5S2/c1-41-25-8-5-23(30(16-25)42-2)19-38(32-35-20-36-44-32)45(39,40)26-9-10-27-28(12-14-43-31(27)17-26)37-13-11-21(18-34)15-29(37)22-3-6-24(33)7-4-22/h3-10,16-17,20-21,28-29H,11-15,19H2,1-2H3/t21?,28-,29+/m1/s1. The molecule has 3 heterocycles. The van der Waals surface area contributed by atoms with Crippen molar-refractivity contribution in [2.24, 2.45) is 5.92 Å². The molecule has 6 rings (SSSR count). The SMILES string of the molecule is COc1ccc(CN(c2ncns2)S(=O)(=O)c2ccc3c(c2)OCC[C@H]3N2CCC(C#N)C[C@H]2c2ccc(F)cc2)c(OC)c1. The van der Waals surface area contributed by atoms with Crippen molar-refractivity contribution in [2.75, 3.05) is 31.7 Å². The zero-order valence-corrected chi connectivity index (χ0v) is 26.4. The number of ether oxygens (including phenoxy) is 3. The molecule has 0 radical (unpaired) electrons. The van der Waals surface area contributed by atoms with Crippen LogP contribution in [0.4, 0.5) is 9.52 Å². The van der Waals surface area contributed by atoms with Gasteiger partial charge in [-0.2, -0.15) is 9.64 Å². The summed E-state index contributed by atoms with van der Waals surface area (Å²) in [6.45, 7) is 1.04. The maximum Gasteiger partial charge on any atom is 0.266 e. The van der Waals surface area contributed by atoms with Gasteiger partial charge in [-0.25, -0.2) is 22.1 Å². The average molecular weight is 650 g/mol. The molecule has 2 aliphatic rings. The molecule has 0 N–H and O–H groups in total. The van der Waals surface area contributed by atoms with Gasteiger partial charge in [0.2, 0.25) is 5.13 Å². The first kappa shape index (κ1) is 30.8. The Labute approximate surface area is 265 Å². The topological polar surface area (TPSA) is 118 Å². The molecule has 13 heteroatoms. The van der Waals surface area contributed by atoms with E-state index in [1.807, 2.05) is 6.07 Å². The van der Waals surface area contributed by atoms with Crippen molar-refractivity contribution in [3.63, 3.8) is 0 Å². The van der Waals surface area contributed by atoms with Gasteiger partial charge in [0.15, 0.2) is 0 Å². The van der Waals surface area contributed by atoms with Crippen LogP contribution in [0.3, 0.4) is 0 Å². The third-order valence-electron chi connectivity index (χ3n) is 8.43. The van der Waals surface area contributed by atoms with Crippen LogP contribution in [-0.4, -0.2) is 50.0 Å². The van der Waals surface area contributed by atoms with E-state index in [4.69, 9.17) is 14.2 Å². The van der Waals surface area contributed by atoms with Gasteiger partial charge in [-0.05, 0) is 48.7 Å². The van der Waals surface area contributed by atoms with Crippen molar-refractivity contribution < 1.29 is 27.0 Å². The molecule has 2 aliphatic heterocycles. The summed E-state index contributed by atoms with van der Waals surface area (Å²) in [5.41, 5.74) is 2.45. The Morgan fingerprint density at radius 1 is 1.09 bits per heavy atom. The molecule has 1 aromatic heterocycles. The number of aromatic nitrogens is 2. The third kappa shape index (κ3) is 6.18. The van der Waals surface area contributed by atoms with Crippen LogP contribution in [0, 0.1) is 23.1 Å². The Bertz CT molecular complexity index is 1800. The van der Waals surface area contributed by atoms with Gasteiger partial charge in [-0.15, -0.1) is 0 Å². The molecule has 0 saturated carbocycles. The first-order valence-electron chi connectivity index (χ1n) is 14.5. The number of nitriles is 1. The summed E-state index contributed by atoms with van der Waals surface area (Å²) in [7, 11) is -1.05. The number of halogens is 1. The predicted molar refractivity (Wildman–Crippen MR) is 166 cm³/mol. The molecule has 1 unspecified atom stereocenters. The van der Waals surface area contributed by atoms with E-state index >= 15 is 0 Å². The highest BCUT2D eigenvalue weighted by molar-refractivity contribution is 7.93. The van der Waals surface area contributed by atoms with Crippen molar-refractivity contribution in [1.82, 2.24) is 14.3 Å². The predicted octanol–water partition coefficient (Wildman–Crippen LogP) is 5.89. The zero-order chi connectivity index (χ0) is 31.6. The fourth-order valence-corrected chi connectivity index (χ4v) is 8.28. The van der Waals surface area contributed by atoms with Crippen LogP contribution >= 0.6 is 11.5 Å². The highest BCUT2D eigenvalue weighted by Gasteiger charge is 2.38. The van der Waals surface area contributed by atoms with Gasteiger partial charge in [0.25, 0.3) is 10.0 Å². The van der Waals surface area contributed by atoms with E-state index < -0.39 is 10.0 Å². The normalized spacial score (nSPS) is 20.0. The highest BCUT2D eigenvalue weighted by Crippen LogP contribution is 2.45. The molecule has 0 amide bonds. The number of hydrogen-bond donors (Lipinski definition) is 0. The van der Waals surface area contributed by atoms with Crippen LogP contribution in [0.25, 0.3) is 0 Å². The van der Waals surface area contributed by atoms with Gasteiger partial charge in [0.1, 0.15) is 29.4 Å². The van der Waals surface area contributed by atoms with E-state index in [1.54, 1.807) is 49.6 Å². The summed E-state index contributed by atoms with van der Waals surface area (Å²) >= 11 is 0.978. The second-order valence-electron chi connectivity index (χ2n) is 10.9. The molecule has 45 heavy (non-hydrogen) atoms. The Hall–Kier alpha value is -4.25. The van der Waals surface area contributed by atoms with E-state index in [9.17, 15) is 18.1 Å². The molecule has 10 nitrogen and oxygen atoms in total. The van der Waals surface area contributed by atoms with Crippen LogP contribution < -0.4 is 18.5 Å². The van der Waals surface area contributed by atoms with Crippen LogP contribution in [0.1, 0.15) is 48.0 Å². The maximum atomic E-state index is 14.2. The first-order chi connectivity index (χ1) is 21.8. The molecule has 4 aromatic rings. The molecule has 0 spiro atoms. The number of hydrogen-bond acceptors (Lipinski definition) is 10. The minimum absolute atomic E-state index is 0.0432. The number of sulfonamides is 1. The van der Waals surface area contributed by atoms with Gasteiger partial charge in [0.05, 0.1) is 38.3 Å². The van der Waals surface area contributed by atoms with E-state index in [-0.39, 0.29) is 40.4 Å². The number of methoxy groups -OCH3 is 2. The third-order valence-corrected chi connectivity index (χ3v) is 11.0. The summed E-state index contributed by atoms with van der Waals surface area (Å²) in [6, 6.07) is 18.9. The van der Waals surface area contributed by atoms with Crippen LogP contribution in [-0.2, 0) is 16.6 Å². The monoisotopic (exact) mass is 649 g/mol. The Kier molecular flexibility index (Phi) is 8.89. The fraction of sp³-hybridized carbons (Fsp3) is 0.344. The molecular weight excluding hydrogens is 618 g/mol. The van der Waals surface area contributed by atoms with Gasteiger partial charge in [0, 0.05) is 65.8 Å². The van der Waals surface area contributed by atoms with Gasteiger partial charge < -0.3 is 14.2 Å². The Morgan fingerprint density at radius 3 is 2.62 bits per heavy atom. The largest absolute Gasteiger partial charge is 0.497 e. The van der Waals surface area contributed by atoms with Crippen molar-refractivity contribution >= 4 is 26.7 Å². The summed E-state index contributed by atoms with van der Waals surface area (Å²) < 4.78 is 64.4. The highest BCUT2D eigenvalue weighted by atomic mass is 32.2. The van der Waals surface area contributed by atoms with E-state index in [0.717, 1.165) is 29.1 Å². The molecule has 1 fully saturated rings. The van der Waals surface area contributed by atoms with Crippen LogP contribution in [0.15, 0.2) is 71.9 Å². The number of fused-ring (bicyclic) bond motifs is 1. The van der Waals surface area contributed by atoms with Crippen molar-refractivity contribution in [3.05, 3.63) is 89.5 Å². The second-order valence-corrected chi connectivity index (χ2v) is 13.5. The van der Waals surface area contributed by atoms with E-state index in [0.29, 0.717) is 48.8 Å². The number of anilines is 1. The van der Waals surface area contributed by atoms with Gasteiger partial charge >= 0.3 is 0 Å². The summed E-state index contributed by atoms with van der Waals surface area (Å²) in [6.07, 6.45) is 3.37. The Morgan fingerprint density at radius 2 is 1.91 bits per heavy atom. The molecule has 234 valence electrons. The molecular formula is C32H32FN5O5S2. The van der Waals surface area contributed by atoms with Crippen LogP contribution in [0.5, 0.6) is 17.2 Å². The number of likely N-dealkylation sites (tertiary alicyclic amines) is 1. The molecule has 3 aromatic carbocycles. The number of piperidine rings is 1. The Balaban J connectivity index is 1.34. The lowest BCUT2D eigenvalue weighted by atomic mass is 9.85. The minimum atomic E-state index is -4.12. The fourth-order valence-electron chi connectivity index (χ4n) is 6.14. The zero-order valence-electron chi connectivity index (χ0n) is 24.8. The minimum Gasteiger partial charge on any atom is -0.497 e. The summed E-state index contributed by atoms with van der Waals surface area (Å²) in [5.74, 6) is 1.15. The van der Waals surface area contributed by atoms with Gasteiger partial charge in [-0.3, -0.25) is 4.90 Å². The summed E-state index contributed by atoms with van der Waals surface area (Å²) in [5, 5.41) is 9.91. The van der Waals surface area contributed by atoms with Crippen molar-refractivity contribution in [1.29, 1.82) is 5.26 Å². The average Bonchev–Trinajstić information content (AvgIpc) is 3.61. The molecule has 0 bridgehead atoms. The lowest BCUT2D eigenvalue weighted by molar-refractivity contribution is 0.0550. The second kappa shape index (κ2) is 13.0. The quantitative estimate of drug-likeness (QED) is 0.219. The first-order valence-corrected chi connectivity index (χ1v) is 16.7. The van der Waals surface area contributed by atoms with Crippen molar-refractivity contribution in [3.8, 4) is 23.3 Å². The lowest BCUT2D eigenvalue weighted by Crippen LogP contribution is -2.41. The number of nitrogens with zero attached hydrogens (tertiary/aromatic N) is 5. The molecule has 1 saturated heterocycles. The van der Waals surface area contributed by atoms with Crippen molar-refractivity contribution in [2.45, 2.75) is 42.8 Å². The van der Waals surface area contributed by atoms with Gasteiger partial charge in [-0.1, -0.05) is 18.2 Å². The number of benzene rings is 3. The van der Waals surface area contributed by atoms with E-state index in [1.165, 1.54) is 29.9 Å². The summed E-state index contributed by atoms with van der Waals surface area (Å²) in [4.78, 5) is 6.62.